The second kappa shape index (κ2) is 7.93. The Morgan fingerprint density at radius 1 is 1.48 bits per heavy atom. The fourth-order valence-corrected chi connectivity index (χ4v) is 3.08. The van der Waals surface area contributed by atoms with Gasteiger partial charge in [-0.2, -0.15) is 0 Å². The van der Waals surface area contributed by atoms with Crippen LogP contribution in [-0.2, 0) is 11.2 Å². The van der Waals surface area contributed by atoms with Crippen molar-refractivity contribution in [2.75, 3.05) is 13.2 Å². The van der Waals surface area contributed by atoms with Crippen LogP contribution in [0.2, 0.25) is 0 Å². The molecular weight excluding hydrogens is 358 g/mol. The molecule has 6 heteroatoms. The van der Waals surface area contributed by atoms with Gasteiger partial charge in [0.1, 0.15) is 5.69 Å². The maximum absolute atomic E-state index is 12.6. The SMILES string of the molecule is CCc1nc2c(Br)cc(C)cn2c1C(=O)NCCCOC(C)C. The molecule has 5 nitrogen and oxygen atoms in total. The number of aromatic nitrogens is 2. The molecule has 0 bridgehead atoms. The van der Waals surface area contributed by atoms with Crippen molar-refractivity contribution >= 4 is 27.5 Å². The van der Waals surface area contributed by atoms with E-state index >= 15 is 0 Å². The molecule has 0 aliphatic rings. The fraction of sp³-hybridized carbons (Fsp3) is 0.529. The van der Waals surface area contributed by atoms with Crippen molar-refractivity contribution < 1.29 is 9.53 Å². The van der Waals surface area contributed by atoms with Gasteiger partial charge in [-0.3, -0.25) is 9.20 Å². The number of imidazole rings is 1. The third kappa shape index (κ3) is 4.32. The average Bonchev–Trinajstić information content (AvgIpc) is 2.85. The van der Waals surface area contributed by atoms with Crippen LogP contribution in [0.25, 0.3) is 5.65 Å². The zero-order valence-corrected chi connectivity index (χ0v) is 15.7. The zero-order valence-electron chi connectivity index (χ0n) is 14.1. The Kier molecular flexibility index (Phi) is 6.18. The average molecular weight is 382 g/mol. The summed E-state index contributed by atoms with van der Waals surface area (Å²) in [5.74, 6) is -0.0867. The third-order valence-electron chi connectivity index (χ3n) is 3.49. The number of hydrogen-bond donors (Lipinski definition) is 1. The smallest absolute Gasteiger partial charge is 0.270 e. The normalized spacial score (nSPS) is 11.4. The molecule has 0 spiro atoms. The summed E-state index contributed by atoms with van der Waals surface area (Å²) >= 11 is 3.53. The first kappa shape index (κ1) is 17.9. The first-order valence-corrected chi connectivity index (χ1v) is 8.80. The number of nitrogens with one attached hydrogen (secondary N) is 1. The summed E-state index contributed by atoms with van der Waals surface area (Å²) in [7, 11) is 0. The molecule has 0 aliphatic heterocycles. The molecule has 2 aromatic heterocycles. The van der Waals surface area contributed by atoms with E-state index in [9.17, 15) is 4.79 Å². The highest BCUT2D eigenvalue weighted by molar-refractivity contribution is 9.10. The van der Waals surface area contributed by atoms with Gasteiger partial charge >= 0.3 is 0 Å². The van der Waals surface area contributed by atoms with Crippen LogP contribution in [-0.4, -0.2) is 34.5 Å². The standard InChI is InChI=1S/C17H24BrN3O2/c1-5-14-15(17(22)19-7-6-8-23-11(2)3)21-10-12(4)9-13(18)16(21)20-14/h9-11H,5-8H2,1-4H3,(H,19,22). The number of halogens is 1. The van der Waals surface area contributed by atoms with Crippen molar-refractivity contribution in [3.05, 3.63) is 33.7 Å². The van der Waals surface area contributed by atoms with Crippen molar-refractivity contribution in [1.82, 2.24) is 14.7 Å². The summed E-state index contributed by atoms with van der Waals surface area (Å²) in [6, 6.07) is 2.01. The van der Waals surface area contributed by atoms with Gasteiger partial charge in [0.05, 0.1) is 16.3 Å². The van der Waals surface area contributed by atoms with Gasteiger partial charge in [-0.05, 0) is 61.2 Å². The van der Waals surface area contributed by atoms with E-state index in [1.807, 2.05) is 44.4 Å². The largest absolute Gasteiger partial charge is 0.379 e. The lowest BCUT2D eigenvalue weighted by atomic mass is 10.2. The number of aryl methyl sites for hydroxylation is 2. The molecule has 126 valence electrons. The molecule has 0 radical (unpaired) electrons. The Bertz CT molecular complexity index is 695. The minimum atomic E-state index is -0.0867. The van der Waals surface area contributed by atoms with Gasteiger partial charge in [-0.1, -0.05) is 6.92 Å². The number of hydrogen-bond acceptors (Lipinski definition) is 3. The molecule has 23 heavy (non-hydrogen) atoms. The van der Waals surface area contributed by atoms with Gasteiger partial charge in [-0.25, -0.2) is 4.98 Å². The number of fused-ring (bicyclic) bond motifs is 1. The first-order chi connectivity index (χ1) is 10.9. The first-order valence-electron chi connectivity index (χ1n) is 8.01. The van der Waals surface area contributed by atoms with Crippen molar-refractivity contribution in [2.24, 2.45) is 0 Å². The van der Waals surface area contributed by atoms with Crippen molar-refractivity contribution in [3.8, 4) is 0 Å². The molecule has 0 atom stereocenters. The molecule has 1 amide bonds. The minimum absolute atomic E-state index is 0.0867. The molecular formula is C17H24BrN3O2. The summed E-state index contributed by atoms with van der Waals surface area (Å²) in [5, 5.41) is 2.97. The topological polar surface area (TPSA) is 55.6 Å². The summed E-state index contributed by atoms with van der Waals surface area (Å²) in [5.41, 5.74) is 3.29. The summed E-state index contributed by atoms with van der Waals surface area (Å²) < 4.78 is 8.26. The Morgan fingerprint density at radius 3 is 2.87 bits per heavy atom. The lowest BCUT2D eigenvalue weighted by Gasteiger charge is -2.09. The second-order valence-electron chi connectivity index (χ2n) is 5.85. The number of carbonyl (C=O) groups is 1. The van der Waals surface area contributed by atoms with Gasteiger partial charge in [0, 0.05) is 19.3 Å². The van der Waals surface area contributed by atoms with Crippen LogP contribution in [0.15, 0.2) is 16.7 Å². The minimum Gasteiger partial charge on any atom is -0.379 e. The van der Waals surface area contributed by atoms with E-state index in [1.54, 1.807) is 0 Å². The number of amides is 1. The second-order valence-corrected chi connectivity index (χ2v) is 6.70. The van der Waals surface area contributed by atoms with Crippen LogP contribution in [0, 0.1) is 6.92 Å². The van der Waals surface area contributed by atoms with E-state index < -0.39 is 0 Å². The van der Waals surface area contributed by atoms with Crippen molar-refractivity contribution in [1.29, 1.82) is 0 Å². The van der Waals surface area contributed by atoms with Crippen LogP contribution in [0.4, 0.5) is 0 Å². The molecule has 2 aromatic rings. The Balaban J connectivity index is 2.16. The zero-order chi connectivity index (χ0) is 17.0. The number of rotatable bonds is 7. The Morgan fingerprint density at radius 2 is 2.22 bits per heavy atom. The fourth-order valence-electron chi connectivity index (χ4n) is 2.44. The molecule has 0 aliphatic carbocycles. The maximum atomic E-state index is 12.6. The highest BCUT2D eigenvalue weighted by Crippen LogP contribution is 2.23. The number of ether oxygens (including phenoxy) is 1. The lowest BCUT2D eigenvalue weighted by molar-refractivity contribution is 0.0756. The van der Waals surface area contributed by atoms with Gasteiger partial charge in [-0.15, -0.1) is 0 Å². The lowest BCUT2D eigenvalue weighted by Crippen LogP contribution is -2.27. The maximum Gasteiger partial charge on any atom is 0.270 e. The molecule has 0 saturated carbocycles. The van der Waals surface area contributed by atoms with Gasteiger partial charge in [0.2, 0.25) is 0 Å². The van der Waals surface area contributed by atoms with E-state index in [2.05, 4.69) is 26.2 Å². The Labute approximate surface area is 145 Å². The van der Waals surface area contributed by atoms with Crippen LogP contribution in [0.3, 0.4) is 0 Å². The van der Waals surface area contributed by atoms with E-state index in [-0.39, 0.29) is 12.0 Å². The monoisotopic (exact) mass is 381 g/mol. The Hall–Kier alpha value is -1.40. The highest BCUT2D eigenvalue weighted by atomic mass is 79.9. The summed E-state index contributed by atoms with van der Waals surface area (Å²) in [6.07, 6.45) is 3.68. The van der Waals surface area contributed by atoms with E-state index in [0.29, 0.717) is 25.3 Å². The van der Waals surface area contributed by atoms with Crippen LogP contribution < -0.4 is 5.32 Å². The molecule has 0 aromatic carbocycles. The van der Waals surface area contributed by atoms with Crippen LogP contribution in [0.1, 0.15) is 48.9 Å². The van der Waals surface area contributed by atoms with Crippen LogP contribution >= 0.6 is 15.9 Å². The molecule has 0 fully saturated rings. The predicted octanol–water partition coefficient (Wildman–Crippen LogP) is 3.51. The highest BCUT2D eigenvalue weighted by Gasteiger charge is 2.19. The summed E-state index contributed by atoms with van der Waals surface area (Å²) in [4.78, 5) is 17.2. The summed E-state index contributed by atoms with van der Waals surface area (Å²) in [6.45, 7) is 9.26. The molecule has 2 rings (SSSR count). The van der Waals surface area contributed by atoms with Crippen molar-refractivity contribution in [2.45, 2.75) is 46.6 Å². The van der Waals surface area contributed by atoms with Crippen molar-refractivity contribution in [3.63, 3.8) is 0 Å². The van der Waals surface area contributed by atoms with Gasteiger partial charge in [0.15, 0.2) is 5.65 Å². The molecule has 1 N–H and O–H groups in total. The van der Waals surface area contributed by atoms with Gasteiger partial charge in [0.25, 0.3) is 5.91 Å². The van der Waals surface area contributed by atoms with E-state index in [0.717, 1.165) is 27.8 Å². The molecule has 0 saturated heterocycles. The quantitative estimate of drug-likeness (QED) is 0.746. The number of pyridine rings is 1. The number of nitrogens with zero attached hydrogens (tertiary/aromatic N) is 2. The van der Waals surface area contributed by atoms with E-state index in [4.69, 9.17) is 4.74 Å². The van der Waals surface area contributed by atoms with E-state index in [1.165, 1.54) is 0 Å². The predicted molar refractivity (Wildman–Crippen MR) is 95.0 cm³/mol. The molecule has 2 heterocycles. The van der Waals surface area contributed by atoms with Gasteiger partial charge < -0.3 is 10.1 Å². The number of carbonyl (C=O) groups excluding carboxylic acids is 1. The third-order valence-corrected chi connectivity index (χ3v) is 4.08. The molecule has 0 unspecified atom stereocenters. The van der Waals surface area contributed by atoms with Crippen LogP contribution in [0.5, 0.6) is 0 Å².